The van der Waals surface area contributed by atoms with Crippen LogP contribution in [0.1, 0.15) is 28.8 Å². The number of methoxy groups -OCH3 is 1. The zero-order chi connectivity index (χ0) is 19.7. The lowest BCUT2D eigenvalue weighted by atomic mass is 9.85. The van der Waals surface area contributed by atoms with E-state index in [0.717, 1.165) is 12.0 Å². The van der Waals surface area contributed by atoms with Crippen molar-refractivity contribution in [2.75, 3.05) is 20.2 Å². The van der Waals surface area contributed by atoms with Gasteiger partial charge in [0.25, 0.3) is 5.91 Å². The minimum Gasteiger partial charge on any atom is -0.497 e. The molecule has 2 fully saturated rings. The lowest BCUT2D eigenvalue weighted by Crippen LogP contribution is -2.59. The summed E-state index contributed by atoms with van der Waals surface area (Å²) in [6, 6.07) is 12.8. The van der Waals surface area contributed by atoms with Gasteiger partial charge in [-0.15, -0.1) is 0 Å². The molecule has 2 aromatic carbocycles. The molecule has 2 aliphatic heterocycles. The fraction of sp³-hybridized carbons (Fsp3) is 0.364. The monoisotopic (exact) mass is 382 g/mol. The normalized spacial score (nSPS) is 21.6. The largest absolute Gasteiger partial charge is 0.497 e. The Kier molecular flexibility index (Phi) is 5.03. The number of hydrogen-bond donors (Lipinski definition) is 0. The Morgan fingerprint density at radius 3 is 2.71 bits per heavy atom. The maximum atomic E-state index is 13.5. The number of nitrogens with zero attached hydrogens (tertiary/aromatic N) is 2. The second-order valence-electron chi connectivity index (χ2n) is 7.48. The number of benzene rings is 2. The Morgan fingerprint density at radius 2 is 2.00 bits per heavy atom. The van der Waals surface area contributed by atoms with Crippen molar-refractivity contribution in [2.45, 2.75) is 25.4 Å². The highest BCUT2D eigenvalue weighted by Gasteiger charge is 2.43. The molecule has 0 saturated carbocycles. The first-order valence-electron chi connectivity index (χ1n) is 9.53. The highest BCUT2D eigenvalue weighted by Crippen LogP contribution is 2.32. The second kappa shape index (κ2) is 7.62. The number of fused-ring (bicyclic) bond motifs is 2. The molecule has 0 aromatic heterocycles. The van der Waals surface area contributed by atoms with E-state index in [4.69, 9.17) is 4.74 Å². The first kappa shape index (κ1) is 18.5. The predicted octanol–water partition coefficient (Wildman–Crippen LogP) is 3.10. The molecule has 2 heterocycles. The Balaban J connectivity index is 1.52. The molecule has 2 amide bonds. The molecule has 5 nitrogen and oxygen atoms in total. The van der Waals surface area contributed by atoms with Gasteiger partial charge in [-0.2, -0.15) is 0 Å². The fourth-order valence-corrected chi connectivity index (χ4v) is 4.19. The molecule has 2 aromatic rings. The summed E-state index contributed by atoms with van der Waals surface area (Å²) in [5.41, 5.74) is 1.32. The van der Waals surface area contributed by atoms with E-state index in [1.54, 1.807) is 47.2 Å². The predicted molar refractivity (Wildman–Crippen MR) is 102 cm³/mol. The highest BCUT2D eigenvalue weighted by molar-refractivity contribution is 5.98. The maximum absolute atomic E-state index is 13.5. The minimum absolute atomic E-state index is 0.0536. The fourth-order valence-electron chi connectivity index (χ4n) is 4.19. The lowest BCUT2D eigenvalue weighted by Gasteiger charge is -2.46. The van der Waals surface area contributed by atoms with Gasteiger partial charge in [-0.3, -0.25) is 9.59 Å². The van der Waals surface area contributed by atoms with Crippen LogP contribution in [-0.4, -0.2) is 47.9 Å². The van der Waals surface area contributed by atoms with E-state index in [2.05, 4.69) is 0 Å². The topological polar surface area (TPSA) is 49.9 Å². The van der Waals surface area contributed by atoms with Crippen molar-refractivity contribution >= 4 is 11.8 Å². The number of ether oxygens (including phenoxy) is 1. The second-order valence-corrected chi connectivity index (χ2v) is 7.48. The summed E-state index contributed by atoms with van der Waals surface area (Å²) in [5, 5.41) is 0. The summed E-state index contributed by atoms with van der Waals surface area (Å²) in [6.07, 6.45) is 1.56. The molecular weight excluding hydrogens is 359 g/mol. The zero-order valence-corrected chi connectivity index (χ0v) is 15.8. The highest BCUT2D eigenvalue weighted by atomic mass is 19.1. The average Bonchev–Trinajstić information content (AvgIpc) is 2.71. The summed E-state index contributed by atoms with van der Waals surface area (Å²) < 4.78 is 18.6. The quantitative estimate of drug-likeness (QED) is 0.817. The standard InChI is InChI=1S/C22H23FN2O3/c1-28-19-7-5-17(6-8-19)21(26)25-10-9-16-12-20(25)22(27)24(14-16)13-15-3-2-4-18(23)11-15/h2-8,11,16,20H,9-10,12-14H2,1H3/t16-,20+/m0/s1. The third kappa shape index (κ3) is 3.59. The smallest absolute Gasteiger partial charge is 0.254 e. The number of carbonyl (C=O) groups is 2. The van der Waals surface area contributed by atoms with Gasteiger partial charge < -0.3 is 14.5 Å². The van der Waals surface area contributed by atoms with E-state index in [-0.39, 0.29) is 17.6 Å². The van der Waals surface area contributed by atoms with Crippen LogP contribution in [0, 0.1) is 11.7 Å². The summed E-state index contributed by atoms with van der Waals surface area (Å²) in [7, 11) is 1.58. The van der Waals surface area contributed by atoms with Gasteiger partial charge in [-0.25, -0.2) is 4.39 Å². The third-order valence-corrected chi connectivity index (χ3v) is 5.65. The van der Waals surface area contributed by atoms with Gasteiger partial charge in [-0.05, 0) is 60.7 Å². The van der Waals surface area contributed by atoms with Crippen LogP contribution in [0.3, 0.4) is 0 Å². The molecule has 0 N–H and O–H groups in total. The number of halogens is 1. The van der Waals surface area contributed by atoms with Crippen molar-refractivity contribution in [3.8, 4) is 5.75 Å². The van der Waals surface area contributed by atoms with Gasteiger partial charge in [0.15, 0.2) is 0 Å². The van der Waals surface area contributed by atoms with Crippen molar-refractivity contribution in [3.05, 3.63) is 65.5 Å². The van der Waals surface area contributed by atoms with Crippen LogP contribution in [0.4, 0.5) is 4.39 Å². The number of piperidine rings is 2. The van der Waals surface area contributed by atoms with Crippen molar-refractivity contribution in [3.63, 3.8) is 0 Å². The minimum atomic E-state index is -0.448. The molecule has 2 atom stereocenters. The van der Waals surface area contributed by atoms with Crippen molar-refractivity contribution in [2.24, 2.45) is 5.92 Å². The summed E-state index contributed by atoms with van der Waals surface area (Å²) in [5.74, 6) is 0.564. The number of hydrogen-bond acceptors (Lipinski definition) is 3. The van der Waals surface area contributed by atoms with E-state index >= 15 is 0 Å². The van der Waals surface area contributed by atoms with Gasteiger partial charge in [0.1, 0.15) is 17.6 Å². The van der Waals surface area contributed by atoms with Gasteiger partial charge in [0.05, 0.1) is 7.11 Å². The molecular formula is C22H23FN2O3. The Bertz CT molecular complexity index is 884. The zero-order valence-electron chi connectivity index (χ0n) is 15.8. The molecule has 2 bridgehead atoms. The van der Waals surface area contributed by atoms with Crippen LogP contribution in [0.5, 0.6) is 5.75 Å². The van der Waals surface area contributed by atoms with Crippen LogP contribution in [-0.2, 0) is 11.3 Å². The van der Waals surface area contributed by atoms with Crippen LogP contribution in [0.2, 0.25) is 0 Å². The SMILES string of the molecule is COc1ccc(C(=O)N2CC[C@H]3C[C@@H]2C(=O)N(Cc2cccc(F)c2)C3)cc1. The number of amides is 2. The molecule has 2 aliphatic rings. The van der Waals surface area contributed by atoms with E-state index in [9.17, 15) is 14.0 Å². The van der Waals surface area contributed by atoms with E-state index in [1.165, 1.54) is 12.1 Å². The first-order valence-corrected chi connectivity index (χ1v) is 9.53. The Hall–Kier alpha value is -2.89. The molecule has 4 rings (SSSR count). The molecule has 0 unspecified atom stereocenters. The maximum Gasteiger partial charge on any atom is 0.254 e. The molecule has 2 saturated heterocycles. The van der Waals surface area contributed by atoms with Crippen molar-refractivity contribution < 1.29 is 18.7 Å². The van der Waals surface area contributed by atoms with Crippen molar-refractivity contribution in [1.82, 2.24) is 9.80 Å². The van der Waals surface area contributed by atoms with Crippen LogP contribution in [0.15, 0.2) is 48.5 Å². The summed E-state index contributed by atoms with van der Waals surface area (Å²) >= 11 is 0. The Labute approximate surface area is 163 Å². The summed E-state index contributed by atoms with van der Waals surface area (Å²) in [6.45, 7) is 1.62. The molecule has 0 aliphatic carbocycles. The van der Waals surface area contributed by atoms with Gasteiger partial charge in [-0.1, -0.05) is 12.1 Å². The number of rotatable bonds is 4. The van der Waals surface area contributed by atoms with Gasteiger partial charge >= 0.3 is 0 Å². The van der Waals surface area contributed by atoms with E-state index < -0.39 is 6.04 Å². The third-order valence-electron chi connectivity index (χ3n) is 5.65. The Morgan fingerprint density at radius 1 is 1.21 bits per heavy atom. The van der Waals surface area contributed by atoms with Gasteiger partial charge in [0.2, 0.25) is 5.91 Å². The lowest BCUT2D eigenvalue weighted by molar-refractivity contribution is -0.144. The van der Waals surface area contributed by atoms with Crippen LogP contribution in [0.25, 0.3) is 0 Å². The molecule has 146 valence electrons. The van der Waals surface area contributed by atoms with Gasteiger partial charge in [0, 0.05) is 25.2 Å². The van der Waals surface area contributed by atoms with Crippen LogP contribution < -0.4 is 4.74 Å². The average molecular weight is 382 g/mol. The summed E-state index contributed by atoms with van der Waals surface area (Å²) in [4.78, 5) is 29.6. The van der Waals surface area contributed by atoms with E-state index in [0.29, 0.717) is 43.3 Å². The number of likely N-dealkylation sites (tertiary alicyclic amines) is 2. The molecule has 28 heavy (non-hydrogen) atoms. The molecule has 0 spiro atoms. The molecule has 6 heteroatoms. The molecule has 0 radical (unpaired) electrons. The van der Waals surface area contributed by atoms with E-state index in [1.807, 2.05) is 6.07 Å². The number of carbonyl (C=O) groups excluding carboxylic acids is 2. The first-order chi connectivity index (χ1) is 13.5. The van der Waals surface area contributed by atoms with Crippen LogP contribution >= 0.6 is 0 Å². The van der Waals surface area contributed by atoms with Crippen molar-refractivity contribution in [1.29, 1.82) is 0 Å².